The summed E-state index contributed by atoms with van der Waals surface area (Å²) in [6, 6.07) is 25.9. The number of carboxylic acid groups (broad SMARTS) is 2. The molecule has 3 heterocycles. The van der Waals surface area contributed by atoms with Gasteiger partial charge in [-0.15, -0.1) is 10.2 Å². The van der Waals surface area contributed by atoms with Crippen molar-refractivity contribution in [3.63, 3.8) is 0 Å². The van der Waals surface area contributed by atoms with E-state index in [0.29, 0.717) is 47.4 Å². The van der Waals surface area contributed by atoms with Crippen LogP contribution in [0.25, 0.3) is 11.4 Å². The number of benzene rings is 3. The van der Waals surface area contributed by atoms with Gasteiger partial charge in [-0.25, -0.2) is 9.59 Å². The van der Waals surface area contributed by atoms with Gasteiger partial charge in [0.25, 0.3) is 0 Å². The summed E-state index contributed by atoms with van der Waals surface area (Å²) in [4.78, 5) is 45.9. The van der Waals surface area contributed by atoms with Crippen molar-refractivity contribution in [3.05, 3.63) is 120 Å². The minimum atomic E-state index is -1.000. The molecular weight excluding hydrogens is 697 g/mol. The number of carbonyl (C=O) groups is 4. The van der Waals surface area contributed by atoms with Crippen LogP contribution in [0, 0.1) is 0 Å². The van der Waals surface area contributed by atoms with Crippen LogP contribution in [0.5, 0.6) is 0 Å². The summed E-state index contributed by atoms with van der Waals surface area (Å²) >= 11 is 2.50. The van der Waals surface area contributed by atoms with Crippen LogP contribution in [0.1, 0.15) is 44.9 Å². The van der Waals surface area contributed by atoms with Gasteiger partial charge in [-0.3, -0.25) is 9.59 Å². The number of tetrazole rings is 2. The fourth-order valence-electron chi connectivity index (χ4n) is 4.43. The number of carbonyl (C=O) groups excluding carboxylic acids is 2. The molecule has 0 aliphatic heterocycles. The molecule has 0 saturated heterocycles. The van der Waals surface area contributed by atoms with Gasteiger partial charge in [0, 0.05) is 19.3 Å². The summed E-state index contributed by atoms with van der Waals surface area (Å²) in [6.07, 6.45) is 3.70. The van der Waals surface area contributed by atoms with Crippen LogP contribution in [0.4, 0.5) is 0 Å². The largest absolute Gasteiger partial charge is 0.478 e. The van der Waals surface area contributed by atoms with Gasteiger partial charge in [-0.1, -0.05) is 53.9 Å². The van der Waals surface area contributed by atoms with Crippen LogP contribution < -0.4 is 0 Å². The first-order valence-corrected chi connectivity index (χ1v) is 17.3. The number of hydrogen-bond acceptors (Lipinski definition) is 13. The van der Waals surface area contributed by atoms with Crippen molar-refractivity contribution in [3.8, 4) is 11.4 Å². The summed E-state index contributed by atoms with van der Waals surface area (Å²) < 4.78 is 8.16. The third kappa shape index (κ3) is 10.8. The summed E-state index contributed by atoms with van der Waals surface area (Å²) in [6.45, 7) is 0. The summed E-state index contributed by atoms with van der Waals surface area (Å²) in [5, 5.41) is 41.7. The highest BCUT2D eigenvalue weighted by molar-refractivity contribution is 8.00. The second kappa shape index (κ2) is 18.2. The molecule has 6 aromatic rings. The molecule has 0 aliphatic rings. The van der Waals surface area contributed by atoms with Gasteiger partial charge < -0.3 is 14.6 Å². The number of aryl methyl sites for hydroxylation is 2. The van der Waals surface area contributed by atoms with Crippen LogP contribution in [-0.2, 0) is 22.4 Å². The zero-order chi connectivity index (χ0) is 36.0. The van der Waals surface area contributed by atoms with E-state index >= 15 is 0 Å². The number of furan rings is 1. The number of hydrogen-bond donors (Lipinski definition) is 2. The molecule has 0 unspecified atom stereocenters. The second-order valence-electron chi connectivity index (χ2n) is 10.7. The quantitative estimate of drug-likeness (QED) is 0.127. The van der Waals surface area contributed by atoms with Crippen LogP contribution in [0.15, 0.2) is 112 Å². The number of aromatic carboxylic acids is 2. The van der Waals surface area contributed by atoms with E-state index in [0.717, 1.165) is 11.3 Å². The van der Waals surface area contributed by atoms with E-state index in [1.807, 2.05) is 36.4 Å². The SMILES string of the molecule is O=C(CCc1ccccc1)CSc1nnnn1-c1ccc(C(=O)O)cc1.O=C(CCc1ccco1)CSc1nnnn1-c1ccc(C(=O)O)cc1. The molecule has 0 radical (unpaired) electrons. The molecular formula is C34H30N8O7S2. The Bertz CT molecular complexity index is 2050. The summed E-state index contributed by atoms with van der Waals surface area (Å²) in [5.74, 6) is -0.505. The van der Waals surface area contributed by atoms with E-state index in [2.05, 4.69) is 31.1 Å². The topological polar surface area (TPSA) is 209 Å². The number of rotatable bonds is 16. The Labute approximate surface area is 299 Å². The average molecular weight is 727 g/mol. The zero-order valence-electron chi connectivity index (χ0n) is 26.8. The van der Waals surface area contributed by atoms with Crippen molar-refractivity contribution in [1.82, 2.24) is 40.4 Å². The molecule has 0 amide bonds. The molecule has 0 saturated carbocycles. The van der Waals surface area contributed by atoms with Crippen LogP contribution in [-0.4, -0.2) is 85.6 Å². The average Bonchev–Trinajstić information content (AvgIpc) is 3.95. The van der Waals surface area contributed by atoms with E-state index in [4.69, 9.17) is 14.6 Å². The first-order chi connectivity index (χ1) is 24.8. The fraction of sp³-hybridized carbons (Fsp3) is 0.176. The van der Waals surface area contributed by atoms with Gasteiger partial charge >= 0.3 is 11.9 Å². The number of aromatic nitrogens is 8. The number of ketones is 2. The molecule has 0 spiro atoms. The highest BCUT2D eigenvalue weighted by Gasteiger charge is 2.14. The molecule has 0 atom stereocenters. The van der Waals surface area contributed by atoms with E-state index in [-0.39, 0.29) is 34.2 Å². The normalized spacial score (nSPS) is 10.7. The lowest BCUT2D eigenvalue weighted by Gasteiger charge is -2.05. The number of Topliss-reactive ketones (excluding diaryl/α,β-unsaturated/α-hetero) is 2. The fourth-order valence-corrected chi connectivity index (χ4v) is 6.02. The molecule has 0 bridgehead atoms. The standard InChI is InChI=1S/C18H16N4O3S.C16H14N4O4S/c23-16(11-6-13-4-2-1-3-5-13)12-26-18-19-20-21-22(18)15-9-7-14(8-10-15)17(24)25;21-13(7-8-14-2-1-9-24-14)10-25-16-17-18-19-20(16)12-5-3-11(4-6-12)15(22)23/h1-5,7-10H,6,11-12H2,(H,24,25);1-6,9H,7-8,10H2,(H,22,23). The predicted octanol–water partition coefficient (Wildman–Crippen LogP) is 4.90. The maximum absolute atomic E-state index is 12.1. The molecule has 51 heavy (non-hydrogen) atoms. The van der Waals surface area contributed by atoms with Crippen LogP contribution in [0.3, 0.4) is 0 Å². The maximum atomic E-state index is 12.1. The van der Waals surface area contributed by atoms with E-state index in [1.165, 1.54) is 57.2 Å². The van der Waals surface area contributed by atoms with Gasteiger partial charge in [-0.2, -0.15) is 9.36 Å². The van der Waals surface area contributed by atoms with Crippen molar-refractivity contribution in [2.45, 2.75) is 36.0 Å². The Hall–Kier alpha value is -5.94. The minimum absolute atomic E-state index is 0.0668. The molecule has 3 aromatic heterocycles. The number of thioether (sulfide) groups is 2. The van der Waals surface area contributed by atoms with Crippen LogP contribution >= 0.6 is 23.5 Å². The maximum Gasteiger partial charge on any atom is 0.335 e. The Morgan fingerprint density at radius 1 is 0.608 bits per heavy atom. The Balaban J connectivity index is 0.000000198. The lowest BCUT2D eigenvalue weighted by Crippen LogP contribution is -2.06. The first kappa shape index (κ1) is 36.3. The van der Waals surface area contributed by atoms with Gasteiger partial charge in [0.05, 0.1) is 40.3 Å². The van der Waals surface area contributed by atoms with E-state index in [9.17, 15) is 19.2 Å². The molecule has 6 rings (SSSR count). The number of nitrogens with zero attached hydrogens (tertiary/aromatic N) is 8. The smallest absolute Gasteiger partial charge is 0.335 e. The van der Waals surface area contributed by atoms with E-state index in [1.54, 1.807) is 36.6 Å². The van der Waals surface area contributed by atoms with Crippen molar-refractivity contribution in [1.29, 1.82) is 0 Å². The molecule has 0 aliphatic carbocycles. The molecule has 0 fully saturated rings. The Kier molecular flexibility index (Phi) is 12.9. The Morgan fingerprint density at radius 3 is 1.55 bits per heavy atom. The van der Waals surface area contributed by atoms with Crippen molar-refractivity contribution in [2.24, 2.45) is 0 Å². The zero-order valence-corrected chi connectivity index (χ0v) is 28.4. The molecule has 3 aromatic carbocycles. The van der Waals surface area contributed by atoms with Gasteiger partial charge in [0.15, 0.2) is 0 Å². The minimum Gasteiger partial charge on any atom is -0.478 e. The molecule has 2 N–H and O–H groups in total. The first-order valence-electron chi connectivity index (χ1n) is 15.4. The van der Waals surface area contributed by atoms with Crippen molar-refractivity contribution < 1.29 is 33.8 Å². The predicted molar refractivity (Wildman–Crippen MR) is 185 cm³/mol. The van der Waals surface area contributed by atoms with Crippen molar-refractivity contribution in [2.75, 3.05) is 11.5 Å². The summed E-state index contributed by atoms with van der Waals surface area (Å²) in [5.41, 5.74) is 2.76. The summed E-state index contributed by atoms with van der Waals surface area (Å²) in [7, 11) is 0. The lowest BCUT2D eigenvalue weighted by atomic mass is 10.1. The lowest BCUT2D eigenvalue weighted by molar-refractivity contribution is -0.117. The highest BCUT2D eigenvalue weighted by Crippen LogP contribution is 2.21. The highest BCUT2D eigenvalue weighted by atomic mass is 32.2. The monoisotopic (exact) mass is 726 g/mol. The van der Waals surface area contributed by atoms with Gasteiger partial charge in [0.1, 0.15) is 17.3 Å². The number of carboxylic acids is 2. The van der Waals surface area contributed by atoms with E-state index < -0.39 is 11.9 Å². The molecule has 17 heteroatoms. The molecule has 260 valence electrons. The Morgan fingerprint density at radius 2 is 1.10 bits per heavy atom. The third-order valence-corrected chi connectivity index (χ3v) is 9.05. The van der Waals surface area contributed by atoms with Gasteiger partial charge in [-0.05, 0) is 93.5 Å². The molecule has 15 nitrogen and oxygen atoms in total. The van der Waals surface area contributed by atoms with Gasteiger partial charge in [0.2, 0.25) is 10.3 Å². The van der Waals surface area contributed by atoms with Crippen molar-refractivity contribution >= 4 is 47.0 Å². The second-order valence-corrected chi connectivity index (χ2v) is 12.6. The van der Waals surface area contributed by atoms with Crippen LogP contribution in [0.2, 0.25) is 0 Å². The third-order valence-electron chi connectivity index (χ3n) is 7.09.